The van der Waals surface area contributed by atoms with E-state index in [9.17, 15) is 9.59 Å². The van der Waals surface area contributed by atoms with Gasteiger partial charge in [-0.1, -0.05) is 26.0 Å². The number of carbonyl (C=O) groups excluding carboxylic acids is 2. The van der Waals surface area contributed by atoms with Gasteiger partial charge in [-0.25, -0.2) is 0 Å². The van der Waals surface area contributed by atoms with Crippen molar-refractivity contribution in [2.75, 3.05) is 5.32 Å². The Morgan fingerprint density at radius 1 is 1.35 bits per heavy atom. The van der Waals surface area contributed by atoms with Crippen molar-refractivity contribution >= 4 is 17.6 Å². The van der Waals surface area contributed by atoms with Crippen LogP contribution in [0.15, 0.2) is 24.3 Å². The molecule has 0 aliphatic heterocycles. The first-order chi connectivity index (χ1) is 9.51. The fourth-order valence-corrected chi connectivity index (χ4v) is 2.03. The Balaban J connectivity index is 1.85. The van der Waals surface area contributed by atoms with E-state index in [4.69, 9.17) is 4.74 Å². The van der Waals surface area contributed by atoms with Crippen LogP contribution < -0.4 is 5.32 Å². The minimum absolute atomic E-state index is 0.0194. The third-order valence-electron chi connectivity index (χ3n) is 3.70. The molecule has 1 amide bonds. The van der Waals surface area contributed by atoms with Crippen molar-refractivity contribution in [3.63, 3.8) is 0 Å². The van der Waals surface area contributed by atoms with Gasteiger partial charge in [-0.3, -0.25) is 9.59 Å². The quantitative estimate of drug-likeness (QED) is 0.841. The molecule has 1 aromatic carbocycles. The smallest absolute Gasteiger partial charge is 0.309 e. The second-order valence-corrected chi connectivity index (χ2v) is 5.44. The lowest BCUT2D eigenvalue weighted by Crippen LogP contribution is -2.30. The molecule has 4 heteroatoms. The largest absolute Gasteiger partial charge is 0.452 e. The van der Waals surface area contributed by atoms with Crippen molar-refractivity contribution in [1.29, 1.82) is 0 Å². The van der Waals surface area contributed by atoms with Gasteiger partial charge in [-0.15, -0.1) is 0 Å². The van der Waals surface area contributed by atoms with Crippen LogP contribution in [0, 0.1) is 11.8 Å². The highest BCUT2D eigenvalue weighted by molar-refractivity contribution is 5.95. The van der Waals surface area contributed by atoms with Gasteiger partial charge in [0.25, 0.3) is 5.91 Å². The molecule has 1 N–H and O–H groups in total. The first kappa shape index (κ1) is 14.6. The van der Waals surface area contributed by atoms with E-state index < -0.39 is 6.10 Å². The molecule has 1 aromatic rings. The molecule has 20 heavy (non-hydrogen) atoms. The Bertz CT molecular complexity index is 495. The topological polar surface area (TPSA) is 55.4 Å². The molecule has 1 aliphatic carbocycles. The Kier molecular flexibility index (Phi) is 4.42. The fourth-order valence-electron chi connectivity index (χ4n) is 2.03. The maximum Gasteiger partial charge on any atom is 0.309 e. The van der Waals surface area contributed by atoms with Gasteiger partial charge < -0.3 is 10.1 Å². The molecule has 4 nitrogen and oxygen atoms in total. The predicted octanol–water partition coefficient (Wildman–Crippen LogP) is 2.78. The average Bonchev–Trinajstić information content (AvgIpc) is 3.16. The van der Waals surface area contributed by atoms with E-state index in [2.05, 4.69) is 12.2 Å². The van der Waals surface area contributed by atoms with E-state index in [-0.39, 0.29) is 17.8 Å². The molecule has 1 aliphatic rings. The van der Waals surface area contributed by atoms with Crippen LogP contribution in [0.25, 0.3) is 0 Å². The summed E-state index contributed by atoms with van der Waals surface area (Å²) in [5.41, 5.74) is 1.93. The second-order valence-electron chi connectivity index (χ2n) is 5.44. The number of amides is 1. The first-order valence-electron chi connectivity index (χ1n) is 7.11. The molecule has 1 saturated carbocycles. The summed E-state index contributed by atoms with van der Waals surface area (Å²) < 4.78 is 5.17. The number of anilines is 1. The Hall–Kier alpha value is -1.84. The van der Waals surface area contributed by atoms with Gasteiger partial charge in [0, 0.05) is 5.69 Å². The molecule has 0 spiro atoms. The molecular formula is C16H21NO3. The van der Waals surface area contributed by atoms with E-state index in [1.165, 1.54) is 5.56 Å². The number of hydrogen-bond acceptors (Lipinski definition) is 3. The van der Waals surface area contributed by atoms with E-state index in [1.807, 2.05) is 31.2 Å². The van der Waals surface area contributed by atoms with E-state index in [0.717, 1.165) is 18.5 Å². The molecule has 108 valence electrons. The van der Waals surface area contributed by atoms with E-state index in [1.54, 1.807) is 6.92 Å². The molecule has 2 rings (SSSR count). The maximum absolute atomic E-state index is 11.9. The average molecular weight is 275 g/mol. The van der Waals surface area contributed by atoms with Crippen LogP contribution >= 0.6 is 0 Å². The van der Waals surface area contributed by atoms with Crippen LogP contribution in [-0.4, -0.2) is 18.0 Å². The number of aryl methyl sites for hydroxylation is 1. The highest BCUT2D eigenvalue weighted by atomic mass is 16.5. The van der Waals surface area contributed by atoms with Crippen molar-refractivity contribution in [3.8, 4) is 0 Å². The summed E-state index contributed by atoms with van der Waals surface area (Å²) in [5.74, 6) is -0.189. The standard InChI is InChI=1S/C16H21NO3/c1-4-12-5-7-13(8-6-12)17-15(18)11(3)20-16(19)14-9-10(14)2/h5-8,10-11,14H,4,9H2,1-3H3,(H,17,18)/t10-,11+,14-/m0/s1. The maximum atomic E-state index is 11.9. The lowest BCUT2D eigenvalue weighted by Gasteiger charge is -2.13. The van der Waals surface area contributed by atoms with Crippen LogP contribution in [0.4, 0.5) is 5.69 Å². The number of hydrogen-bond donors (Lipinski definition) is 1. The lowest BCUT2D eigenvalue weighted by molar-refractivity contribution is -0.154. The van der Waals surface area contributed by atoms with E-state index >= 15 is 0 Å². The van der Waals surface area contributed by atoms with Crippen molar-refractivity contribution < 1.29 is 14.3 Å². The molecule has 0 radical (unpaired) electrons. The summed E-state index contributed by atoms with van der Waals surface area (Å²) in [5, 5.41) is 2.75. The minimum Gasteiger partial charge on any atom is -0.452 e. The number of benzene rings is 1. The van der Waals surface area contributed by atoms with Crippen LogP contribution in [0.3, 0.4) is 0 Å². The third kappa shape index (κ3) is 3.59. The van der Waals surface area contributed by atoms with Crippen molar-refractivity contribution in [2.24, 2.45) is 11.8 Å². The van der Waals surface area contributed by atoms with Crippen LogP contribution in [0.1, 0.15) is 32.8 Å². The Morgan fingerprint density at radius 3 is 2.45 bits per heavy atom. The summed E-state index contributed by atoms with van der Waals surface area (Å²) in [6, 6.07) is 7.65. The van der Waals surface area contributed by atoms with Gasteiger partial charge >= 0.3 is 5.97 Å². The van der Waals surface area contributed by atoms with Crippen molar-refractivity contribution in [1.82, 2.24) is 0 Å². The number of esters is 1. The molecule has 0 saturated heterocycles. The summed E-state index contributed by atoms with van der Waals surface area (Å²) in [6.45, 7) is 5.68. The zero-order chi connectivity index (χ0) is 14.7. The van der Waals surface area contributed by atoms with Crippen molar-refractivity contribution in [3.05, 3.63) is 29.8 Å². The van der Waals surface area contributed by atoms with Gasteiger partial charge in [-0.2, -0.15) is 0 Å². The number of ether oxygens (including phenoxy) is 1. The van der Waals surface area contributed by atoms with Gasteiger partial charge in [0.1, 0.15) is 0 Å². The van der Waals surface area contributed by atoms with Gasteiger partial charge in [0.2, 0.25) is 0 Å². The van der Waals surface area contributed by atoms with Crippen LogP contribution in [0.2, 0.25) is 0 Å². The highest BCUT2D eigenvalue weighted by Gasteiger charge is 2.41. The molecule has 0 aromatic heterocycles. The third-order valence-corrected chi connectivity index (χ3v) is 3.70. The second kappa shape index (κ2) is 6.07. The Labute approximate surface area is 119 Å². The lowest BCUT2D eigenvalue weighted by atomic mass is 10.1. The van der Waals surface area contributed by atoms with E-state index in [0.29, 0.717) is 5.92 Å². The highest BCUT2D eigenvalue weighted by Crippen LogP contribution is 2.38. The summed E-state index contributed by atoms with van der Waals surface area (Å²) in [4.78, 5) is 23.6. The zero-order valence-corrected chi connectivity index (χ0v) is 12.2. The van der Waals surface area contributed by atoms with Gasteiger partial charge in [0.15, 0.2) is 6.10 Å². The number of rotatable bonds is 5. The number of carbonyl (C=O) groups is 2. The normalized spacial score (nSPS) is 21.9. The summed E-state index contributed by atoms with van der Waals surface area (Å²) >= 11 is 0. The summed E-state index contributed by atoms with van der Waals surface area (Å²) in [7, 11) is 0. The fraction of sp³-hybridized carbons (Fsp3) is 0.500. The number of nitrogens with one attached hydrogen (secondary N) is 1. The molecule has 3 atom stereocenters. The molecule has 1 fully saturated rings. The SMILES string of the molecule is CCc1ccc(NC(=O)[C@@H](C)OC(=O)[C@H]2C[C@@H]2C)cc1. The monoisotopic (exact) mass is 275 g/mol. The minimum atomic E-state index is -0.763. The Morgan fingerprint density at radius 2 is 1.95 bits per heavy atom. The van der Waals surface area contributed by atoms with Gasteiger partial charge in [-0.05, 0) is 43.4 Å². The van der Waals surface area contributed by atoms with Crippen LogP contribution in [-0.2, 0) is 20.7 Å². The molecule has 0 unspecified atom stereocenters. The summed E-state index contributed by atoms with van der Waals surface area (Å²) in [6.07, 6.45) is 1.06. The predicted molar refractivity (Wildman–Crippen MR) is 77.3 cm³/mol. The zero-order valence-electron chi connectivity index (χ0n) is 12.2. The van der Waals surface area contributed by atoms with Gasteiger partial charge in [0.05, 0.1) is 5.92 Å². The first-order valence-corrected chi connectivity index (χ1v) is 7.11. The molecule has 0 heterocycles. The van der Waals surface area contributed by atoms with Crippen LogP contribution in [0.5, 0.6) is 0 Å². The van der Waals surface area contributed by atoms with Crippen molar-refractivity contribution in [2.45, 2.75) is 39.7 Å². The molecule has 0 bridgehead atoms. The molecular weight excluding hydrogens is 254 g/mol.